The fourth-order valence-corrected chi connectivity index (χ4v) is 0. The molecule has 0 bridgehead atoms. The smallest absolute Gasteiger partial charge is 0.518 e. The molecule has 0 aromatic heterocycles. The summed E-state index contributed by atoms with van der Waals surface area (Å²) in [4.78, 5) is 0. The molecule has 0 spiro atoms. The summed E-state index contributed by atoms with van der Waals surface area (Å²) >= 11 is 0. The molecule has 0 nitrogen and oxygen atoms in total. The van der Waals surface area contributed by atoms with Crippen LogP contribution >= 0.6 is 24.0 Å². The van der Waals surface area contributed by atoms with Crippen LogP contribution in [0.5, 0.6) is 0 Å². The Balaban J connectivity index is -0.00000000667. The maximum atomic E-state index is 4.72. The summed E-state index contributed by atoms with van der Waals surface area (Å²) in [5.41, 5.74) is 0. The molecule has 2 heteroatoms. The van der Waals surface area contributed by atoms with E-state index in [9.17, 15) is 0 Å². The van der Waals surface area contributed by atoms with Crippen molar-refractivity contribution in [1.29, 1.82) is 0 Å². The fraction of sp³-hybridized carbons (Fsp3) is 0.250. The van der Waals surface area contributed by atoms with Crippen molar-refractivity contribution in [1.82, 2.24) is 0 Å². The number of allylic oxidation sites excluding steroid dienone is 1. The van der Waals surface area contributed by atoms with Crippen LogP contribution in [0.2, 0.25) is 0 Å². The molecule has 0 radical (unpaired) electrons. The predicted octanol–water partition coefficient (Wildman–Crippen LogP) is 1.68. The van der Waals surface area contributed by atoms with Crippen LogP contribution in [0, 0.1) is 14.0 Å². The maximum absolute atomic E-state index is 4.72. The molecule has 0 aromatic rings. The van der Waals surface area contributed by atoms with Gasteiger partial charge < -0.3 is 14.0 Å². The molecule has 0 amide bonds. The largest absolute Gasteiger partial charge is 2.00 e. The van der Waals surface area contributed by atoms with E-state index in [1.54, 1.807) is 6.92 Å². The Hall–Kier alpha value is 1.24. The molecule has 0 saturated carbocycles. The minimum absolute atomic E-state index is 0. The van der Waals surface area contributed by atoms with Crippen LogP contribution in [-0.4, -0.2) is 23.1 Å². The monoisotopic (exact) mass is 208 g/mol. The van der Waals surface area contributed by atoms with E-state index in [-0.39, 0.29) is 54.5 Å². The van der Waals surface area contributed by atoms with Gasteiger partial charge in [-0.05, 0) is 0 Å². The first kappa shape index (κ1) is 26.9. The van der Waals surface area contributed by atoms with E-state index in [0.29, 0.717) is 0 Å². The Bertz CT molecular complexity index is 15.0. The molecule has 0 atom stereocenters. The third-order valence-electron chi connectivity index (χ3n) is 0. The van der Waals surface area contributed by atoms with Crippen molar-refractivity contribution in [2.75, 3.05) is 0 Å². The van der Waals surface area contributed by atoms with Crippen molar-refractivity contribution in [3.8, 4) is 0 Å². The van der Waals surface area contributed by atoms with Gasteiger partial charge in [-0.25, -0.2) is 0 Å². The van der Waals surface area contributed by atoms with Gasteiger partial charge in [-0.1, -0.05) is 6.92 Å². The quantitative estimate of drug-likeness (QED) is 0.323. The molecular weight excluding hydrogens is 199 g/mol. The van der Waals surface area contributed by atoms with Gasteiger partial charge in [-0.15, -0.1) is 24.0 Å². The third-order valence-corrected chi connectivity index (χ3v) is 0. The van der Waals surface area contributed by atoms with Gasteiger partial charge in [0.05, 0.1) is 0 Å². The van der Waals surface area contributed by atoms with Crippen LogP contribution in [0.25, 0.3) is 0 Å². The minimum Gasteiger partial charge on any atom is -0.518 e. The normalized spacial score (nSPS) is 2.17. The van der Waals surface area contributed by atoms with Gasteiger partial charge in [0.25, 0.3) is 0 Å². The van der Waals surface area contributed by atoms with Gasteiger partial charge in [0, 0.05) is 0 Å². The average molecular weight is 208 g/mol. The minimum atomic E-state index is 0. The maximum Gasteiger partial charge on any atom is 2.00 e. The second-order valence-electron chi connectivity index (χ2n) is 0.333. The zero-order valence-electron chi connectivity index (χ0n) is 4.27. The van der Waals surface area contributed by atoms with E-state index in [4.69, 9.17) is 6.58 Å². The number of hydrogen-bond donors (Lipinski definition) is 0. The third kappa shape index (κ3) is 61.5. The molecule has 0 aliphatic carbocycles. The number of rotatable bonds is 0. The summed E-state index contributed by atoms with van der Waals surface area (Å²) in [6.07, 6.45) is 1.50. The van der Waals surface area contributed by atoms with Crippen LogP contribution < -0.4 is 0 Å². The Morgan fingerprint density at radius 3 is 1.50 bits per heavy atom. The van der Waals surface area contributed by atoms with Gasteiger partial charge in [0.1, 0.15) is 0 Å². The zero-order chi connectivity index (χ0) is 2.71. The van der Waals surface area contributed by atoms with Crippen LogP contribution in [0.15, 0.2) is 6.08 Å². The molecule has 0 fully saturated rings. The van der Waals surface area contributed by atoms with Crippen LogP contribution in [0.4, 0.5) is 0 Å². The zero-order valence-corrected chi connectivity index (χ0v) is 8.01. The van der Waals surface area contributed by atoms with E-state index in [1.807, 2.05) is 0 Å². The topological polar surface area (TPSA) is 0 Å². The van der Waals surface area contributed by atoms with Crippen LogP contribution in [-0.2, 0) is 0 Å². The van der Waals surface area contributed by atoms with Crippen molar-refractivity contribution in [2.45, 2.75) is 6.92 Å². The SMILES string of the molecule is I.[CH-]=CC.[CH3-].[Mg+2]. The fourth-order valence-electron chi connectivity index (χ4n) is 0. The van der Waals surface area contributed by atoms with E-state index < -0.39 is 0 Å². The molecule has 0 aliphatic rings. The molecule has 0 aromatic carbocycles. The van der Waals surface area contributed by atoms with Crippen molar-refractivity contribution < 1.29 is 0 Å². The first-order valence-corrected chi connectivity index (χ1v) is 0.911. The Morgan fingerprint density at radius 1 is 1.50 bits per heavy atom. The van der Waals surface area contributed by atoms with Crippen molar-refractivity contribution >= 4 is 47.0 Å². The van der Waals surface area contributed by atoms with E-state index in [2.05, 4.69) is 0 Å². The second-order valence-corrected chi connectivity index (χ2v) is 0.333. The summed E-state index contributed by atoms with van der Waals surface area (Å²) in [5, 5.41) is 0. The molecule has 0 saturated heterocycles. The van der Waals surface area contributed by atoms with Crippen molar-refractivity contribution in [3.05, 3.63) is 20.1 Å². The summed E-state index contributed by atoms with van der Waals surface area (Å²) < 4.78 is 0. The van der Waals surface area contributed by atoms with Gasteiger partial charge in [0.2, 0.25) is 0 Å². The molecule has 0 aliphatic heterocycles. The number of halogens is 1. The first-order chi connectivity index (χ1) is 1.41. The summed E-state index contributed by atoms with van der Waals surface area (Å²) in [6, 6.07) is 0. The molecule has 0 unspecified atom stereocenters. The van der Waals surface area contributed by atoms with Crippen molar-refractivity contribution in [3.63, 3.8) is 0 Å². The van der Waals surface area contributed by atoms with E-state index >= 15 is 0 Å². The molecule has 6 heavy (non-hydrogen) atoms. The van der Waals surface area contributed by atoms with Gasteiger partial charge >= 0.3 is 23.1 Å². The second kappa shape index (κ2) is 34.2. The first-order valence-electron chi connectivity index (χ1n) is 0.911. The molecule has 34 valence electrons. The summed E-state index contributed by atoms with van der Waals surface area (Å²) in [7, 11) is 0. The molecule has 0 rings (SSSR count). The Kier molecular flexibility index (Phi) is 153. The Labute approximate surface area is 73.6 Å². The van der Waals surface area contributed by atoms with Crippen molar-refractivity contribution in [2.24, 2.45) is 0 Å². The summed E-state index contributed by atoms with van der Waals surface area (Å²) in [6.45, 7) is 6.50. The van der Waals surface area contributed by atoms with Gasteiger partial charge in [-0.2, -0.15) is 0 Å². The van der Waals surface area contributed by atoms with Gasteiger partial charge in [-0.3, -0.25) is 6.08 Å². The van der Waals surface area contributed by atoms with E-state index in [0.717, 1.165) is 0 Å². The predicted molar refractivity (Wildman–Crippen MR) is 42.1 cm³/mol. The summed E-state index contributed by atoms with van der Waals surface area (Å²) in [5.74, 6) is 0. The van der Waals surface area contributed by atoms with Crippen LogP contribution in [0.3, 0.4) is 0 Å². The molecular formula is C4H9IMg. The van der Waals surface area contributed by atoms with Crippen LogP contribution in [0.1, 0.15) is 6.92 Å². The number of hydrogen-bond acceptors (Lipinski definition) is 0. The Morgan fingerprint density at radius 2 is 1.50 bits per heavy atom. The average Bonchev–Trinajstić information content (AvgIpc) is 0.918. The van der Waals surface area contributed by atoms with Gasteiger partial charge in [0.15, 0.2) is 0 Å². The molecule has 0 heterocycles. The van der Waals surface area contributed by atoms with E-state index in [1.165, 1.54) is 6.08 Å². The standard InChI is InChI=1S/C3H5.CH3.HI.Mg/c1-3-2;;;/h1,3H,2H3;1H3;1H;/q2*-1;;+2. The molecule has 0 N–H and O–H groups in total.